The molecule has 1 aromatic heterocycles. The molecule has 196 valence electrons. The molecule has 1 N–H and O–H groups in total. The zero-order chi connectivity index (χ0) is 26.9. The lowest BCUT2D eigenvalue weighted by molar-refractivity contribution is 0.0780. The Hall–Kier alpha value is -3.69. The van der Waals surface area contributed by atoms with E-state index in [0.717, 1.165) is 25.2 Å². The second kappa shape index (κ2) is 13.0. The summed E-state index contributed by atoms with van der Waals surface area (Å²) in [5.74, 6) is 0.922. The molecule has 0 aliphatic carbocycles. The minimum absolute atomic E-state index is 0.0655. The van der Waals surface area contributed by atoms with Gasteiger partial charge < -0.3 is 19.9 Å². The van der Waals surface area contributed by atoms with Crippen LogP contribution in [-0.4, -0.2) is 72.0 Å². The summed E-state index contributed by atoms with van der Waals surface area (Å²) in [4.78, 5) is 39.6. The highest BCUT2D eigenvalue weighted by Crippen LogP contribution is 2.24. The number of hydrogen-bond donors (Lipinski definition) is 1. The van der Waals surface area contributed by atoms with Gasteiger partial charge in [-0.2, -0.15) is 4.98 Å². The number of carbonyl (C=O) groups is 2. The molecular weight excluding hydrogens is 492 g/mol. The Morgan fingerprint density at radius 2 is 1.78 bits per heavy atom. The number of anilines is 3. The molecule has 0 saturated carbocycles. The van der Waals surface area contributed by atoms with E-state index >= 15 is 0 Å². The average molecular weight is 525 g/mol. The minimum atomic E-state index is -0.615. The number of halogens is 1. The van der Waals surface area contributed by atoms with Gasteiger partial charge in [-0.15, -0.1) is 0 Å². The van der Waals surface area contributed by atoms with Crippen molar-refractivity contribution in [2.75, 3.05) is 50.5 Å². The van der Waals surface area contributed by atoms with Crippen LogP contribution in [0.2, 0.25) is 5.02 Å². The molecule has 9 nitrogen and oxygen atoms in total. The number of benzene rings is 2. The van der Waals surface area contributed by atoms with Gasteiger partial charge in [0, 0.05) is 49.7 Å². The Bertz CT molecular complexity index is 1230. The predicted molar refractivity (Wildman–Crippen MR) is 147 cm³/mol. The topological polar surface area (TPSA) is 90.9 Å². The largest absolute Gasteiger partial charge is 0.420 e. The molecular formula is C27H33ClN6O3. The van der Waals surface area contributed by atoms with Crippen LogP contribution in [0.1, 0.15) is 29.8 Å². The summed E-state index contributed by atoms with van der Waals surface area (Å²) in [5, 5.41) is 3.58. The first-order valence-corrected chi connectivity index (χ1v) is 12.5. The van der Waals surface area contributed by atoms with E-state index in [2.05, 4.69) is 34.0 Å². The first-order valence-electron chi connectivity index (χ1n) is 12.1. The number of aromatic nitrogens is 2. The van der Waals surface area contributed by atoms with Crippen molar-refractivity contribution in [3.05, 3.63) is 70.9 Å². The molecule has 3 rings (SSSR count). The van der Waals surface area contributed by atoms with Crippen LogP contribution in [0.15, 0.2) is 54.7 Å². The number of rotatable bonds is 10. The van der Waals surface area contributed by atoms with Crippen LogP contribution in [0.4, 0.5) is 22.2 Å². The fourth-order valence-corrected chi connectivity index (χ4v) is 3.71. The molecule has 0 aliphatic rings. The normalized spacial score (nSPS) is 10.8. The number of amides is 2. The summed E-state index contributed by atoms with van der Waals surface area (Å²) in [6.45, 7) is 9.40. The van der Waals surface area contributed by atoms with E-state index in [4.69, 9.17) is 16.3 Å². The van der Waals surface area contributed by atoms with Gasteiger partial charge >= 0.3 is 6.09 Å². The second-order valence-electron chi connectivity index (χ2n) is 8.53. The van der Waals surface area contributed by atoms with Crippen molar-refractivity contribution in [2.24, 2.45) is 0 Å². The maximum atomic E-state index is 12.9. The Morgan fingerprint density at radius 3 is 2.51 bits per heavy atom. The Morgan fingerprint density at radius 1 is 1.03 bits per heavy atom. The first-order chi connectivity index (χ1) is 17.7. The van der Waals surface area contributed by atoms with Crippen molar-refractivity contribution in [3.8, 4) is 5.75 Å². The van der Waals surface area contributed by atoms with Crippen LogP contribution >= 0.6 is 11.6 Å². The van der Waals surface area contributed by atoms with Gasteiger partial charge in [-0.1, -0.05) is 37.6 Å². The zero-order valence-corrected chi connectivity index (χ0v) is 22.6. The monoisotopic (exact) mass is 524 g/mol. The summed E-state index contributed by atoms with van der Waals surface area (Å²) in [6.07, 6.45) is 0.921. The first kappa shape index (κ1) is 27.9. The van der Waals surface area contributed by atoms with Gasteiger partial charge in [-0.25, -0.2) is 9.78 Å². The summed E-state index contributed by atoms with van der Waals surface area (Å²) >= 11 is 6.02. The standard InChI is InChI=1S/C27H33ClN6O3/c1-6-34(7-2)16-15-32(4)25(35)20-9-8-10-22(17-20)30-26-29-14-13-24(31-26)33(5)27(36)37-23-18-21(28)12-11-19(23)3/h8-14,17-18H,6-7,15-16H2,1-5H3,(H,29,30,31). The lowest BCUT2D eigenvalue weighted by Gasteiger charge is -2.23. The third kappa shape index (κ3) is 7.65. The van der Waals surface area contributed by atoms with E-state index in [1.807, 2.05) is 13.0 Å². The number of aryl methyl sites for hydroxylation is 1. The maximum absolute atomic E-state index is 12.9. The van der Waals surface area contributed by atoms with Crippen molar-refractivity contribution in [1.29, 1.82) is 0 Å². The maximum Gasteiger partial charge on any atom is 0.420 e. The average Bonchev–Trinajstić information content (AvgIpc) is 2.90. The van der Waals surface area contributed by atoms with E-state index in [-0.39, 0.29) is 11.9 Å². The molecule has 2 amide bonds. The third-order valence-corrected chi connectivity index (χ3v) is 6.20. The quantitative estimate of drug-likeness (QED) is 0.388. The highest BCUT2D eigenvalue weighted by Gasteiger charge is 2.17. The van der Waals surface area contributed by atoms with Gasteiger partial charge in [0.2, 0.25) is 5.95 Å². The van der Waals surface area contributed by atoms with Gasteiger partial charge in [0.05, 0.1) is 0 Å². The SMILES string of the molecule is CCN(CC)CCN(C)C(=O)c1cccc(Nc2nccc(N(C)C(=O)Oc3cc(Cl)ccc3C)n2)c1. The molecule has 0 atom stereocenters. The fraction of sp³-hybridized carbons (Fsp3) is 0.333. The van der Waals surface area contributed by atoms with Gasteiger partial charge in [-0.05, 0) is 62.0 Å². The van der Waals surface area contributed by atoms with Crippen molar-refractivity contribution >= 4 is 41.1 Å². The van der Waals surface area contributed by atoms with E-state index in [9.17, 15) is 9.59 Å². The van der Waals surface area contributed by atoms with Crippen LogP contribution in [0, 0.1) is 6.92 Å². The number of carbonyl (C=O) groups excluding carboxylic acids is 2. The summed E-state index contributed by atoms with van der Waals surface area (Å²) < 4.78 is 5.49. The number of likely N-dealkylation sites (N-methyl/N-ethyl adjacent to an activating group) is 2. The van der Waals surface area contributed by atoms with Crippen molar-refractivity contribution in [2.45, 2.75) is 20.8 Å². The van der Waals surface area contributed by atoms with E-state index in [1.165, 1.54) is 11.1 Å². The molecule has 0 fully saturated rings. The van der Waals surface area contributed by atoms with Gasteiger partial charge in [0.1, 0.15) is 11.6 Å². The van der Waals surface area contributed by atoms with Crippen LogP contribution in [0.5, 0.6) is 5.75 Å². The van der Waals surface area contributed by atoms with Crippen LogP contribution in [0.3, 0.4) is 0 Å². The molecule has 37 heavy (non-hydrogen) atoms. The Labute approximate surface area is 223 Å². The van der Waals surface area contributed by atoms with Crippen LogP contribution in [-0.2, 0) is 0 Å². The zero-order valence-electron chi connectivity index (χ0n) is 21.9. The minimum Gasteiger partial charge on any atom is -0.410 e. The fourth-order valence-electron chi connectivity index (χ4n) is 3.55. The smallest absolute Gasteiger partial charge is 0.410 e. The molecule has 0 bridgehead atoms. The number of hydrogen-bond acceptors (Lipinski definition) is 7. The molecule has 0 unspecified atom stereocenters. The Balaban J connectivity index is 1.67. The summed E-state index contributed by atoms with van der Waals surface area (Å²) in [6, 6.07) is 13.9. The van der Waals surface area contributed by atoms with Gasteiger partial charge in [0.25, 0.3) is 5.91 Å². The van der Waals surface area contributed by atoms with E-state index in [0.29, 0.717) is 34.4 Å². The van der Waals surface area contributed by atoms with E-state index in [1.54, 1.807) is 61.5 Å². The molecule has 0 radical (unpaired) electrons. The molecule has 0 aliphatic heterocycles. The molecule has 2 aromatic carbocycles. The summed E-state index contributed by atoms with van der Waals surface area (Å²) in [7, 11) is 3.36. The third-order valence-electron chi connectivity index (χ3n) is 5.96. The Kier molecular flexibility index (Phi) is 9.82. The lowest BCUT2D eigenvalue weighted by atomic mass is 10.1. The van der Waals surface area contributed by atoms with Crippen LogP contribution < -0.4 is 15.0 Å². The molecule has 0 saturated heterocycles. The van der Waals surface area contributed by atoms with Crippen molar-refractivity contribution in [3.63, 3.8) is 0 Å². The van der Waals surface area contributed by atoms with Gasteiger partial charge in [0.15, 0.2) is 0 Å². The number of nitrogens with zero attached hydrogens (tertiary/aromatic N) is 5. The van der Waals surface area contributed by atoms with Crippen LogP contribution in [0.25, 0.3) is 0 Å². The lowest BCUT2D eigenvalue weighted by Crippen LogP contribution is -2.36. The number of nitrogens with one attached hydrogen (secondary N) is 1. The molecule has 10 heteroatoms. The molecule has 0 spiro atoms. The second-order valence-corrected chi connectivity index (χ2v) is 8.97. The highest BCUT2D eigenvalue weighted by molar-refractivity contribution is 6.30. The predicted octanol–water partition coefficient (Wildman–Crippen LogP) is 5.23. The van der Waals surface area contributed by atoms with Crippen molar-refractivity contribution in [1.82, 2.24) is 19.8 Å². The van der Waals surface area contributed by atoms with E-state index < -0.39 is 6.09 Å². The molecule has 1 heterocycles. The number of ether oxygens (including phenoxy) is 1. The van der Waals surface area contributed by atoms with Gasteiger partial charge in [-0.3, -0.25) is 9.69 Å². The molecule has 3 aromatic rings. The summed E-state index contributed by atoms with van der Waals surface area (Å²) in [5.41, 5.74) is 1.99. The van der Waals surface area contributed by atoms with Crippen molar-refractivity contribution < 1.29 is 14.3 Å². The highest BCUT2D eigenvalue weighted by atomic mass is 35.5.